The lowest BCUT2D eigenvalue weighted by molar-refractivity contribution is -0.116. The van der Waals surface area contributed by atoms with E-state index in [-0.39, 0.29) is 18.4 Å². The minimum atomic E-state index is -0.287. The number of anilines is 2. The highest BCUT2D eigenvalue weighted by Crippen LogP contribution is 2.13. The first-order valence-electron chi connectivity index (χ1n) is 5.24. The Morgan fingerprint density at radius 3 is 2.12 bits per heavy atom. The van der Waals surface area contributed by atoms with Crippen LogP contribution in [0.2, 0.25) is 0 Å². The maximum Gasteiger partial charge on any atom is 0.318 e. The fraction of sp³-hybridized carbons (Fsp3) is 0.273. The Balaban J connectivity index is 2.55. The van der Waals surface area contributed by atoms with Crippen LogP contribution in [0.1, 0.15) is 6.42 Å². The molecule has 1 aromatic carbocycles. The second-order valence-electron chi connectivity index (χ2n) is 3.37. The van der Waals surface area contributed by atoms with Gasteiger partial charge in [-0.15, -0.1) is 0 Å². The van der Waals surface area contributed by atoms with Gasteiger partial charge in [-0.2, -0.15) is 0 Å². The van der Waals surface area contributed by atoms with Crippen LogP contribution in [0, 0.1) is 0 Å². The fourth-order valence-corrected chi connectivity index (χ4v) is 1.19. The molecule has 0 spiro atoms. The first kappa shape index (κ1) is 13.0. The molecule has 0 aromatic heterocycles. The molecule has 0 aliphatic carbocycles. The number of rotatable bonds is 4. The van der Waals surface area contributed by atoms with Crippen molar-refractivity contribution in [3.8, 4) is 0 Å². The molecule has 92 valence electrons. The Hall–Kier alpha value is -2.08. The summed E-state index contributed by atoms with van der Waals surface area (Å²) < 4.78 is 0. The van der Waals surface area contributed by atoms with Gasteiger partial charge in [-0.05, 0) is 24.3 Å². The number of carbonyl (C=O) groups excluding carboxylic acids is 2. The molecule has 0 saturated heterocycles. The summed E-state index contributed by atoms with van der Waals surface area (Å²) in [4.78, 5) is 22.3. The molecule has 0 fully saturated rings. The molecule has 6 heteroatoms. The van der Waals surface area contributed by atoms with E-state index in [4.69, 9.17) is 5.73 Å². The van der Waals surface area contributed by atoms with Crippen molar-refractivity contribution in [1.29, 1.82) is 0 Å². The average molecular weight is 236 g/mol. The van der Waals surface area contributed by atoms with Gasteiger partial charge < -0.3 is 21.7 Å². The van der Waals surface area contributed by atoms with E-state index < -0.39 is 0 Å². The molecule has 6 nitrogen and oxygen atoms in total. The number of carbonyl (C=O) groups is 2. The number of hydrogen-bond donors (Lipinski definition) is 4. The molecular formula is C11H16N4O2. The normalized spacial score (nSPS) is 9.53. The average Bonchev–Trinajstić information content (AvgIpc) is 2.32. The maximum absolute atomic E-state index is 11.3. The highest BCUT2D eigenvalue weighted by Gasteiger charge is 2.01. The Bertz CT molecular complexity index is 389. The molecule has 0 radical (unpaired) electrons. The summed E-state index contributed by atoms with van der Waals surface area (Å²) in [6.45, 7) is 0.322. The molecule has 0 bridgehead atoms. The van der Waals surface area contributed by atoms with Crippen molar-refractivity contribution in [2.24, 2.45) is 5.73 Å². The van der Waals surface area contributed by atoms with Crippen molar-refractivity contribution in [2.45, 2.75) is 6.42 Å². The summed E-state index contributed by atoms with van der Waals surface area (Å²) in [5.41, 5.74) is 6.59. The third-order valence-corrected chi connectivity index (χ3v) is 2.02. The molecule has 17 heavy (non-hydrogen) atoms. The van der Waals surface area contributed by atoms with Crippen molar-refractivity contribution < 1.29 is 9.59 Å². The van der Waals surface area contributed by atoms with Crippen LogP contribution in [0.25, 0.3) is 0 Å². The summed E-state index contributed by atoms with van der Waals surface area (Å²) in [5, 5.41) is 7.75. The zero-order valence-electron chi connectivity index (χ0n) is 9.62. The van der Waals surface area contributed by atoms with E-state index in [0.29, 0.717) is 17.9 Å². The van der Waals surface area contributed by atoms with Crippen LogP contribution in [-0.4, -0.2) is 25.5 Å². The van der Waals surface area contributed by atoms with Crippen molar-refractivity contribution in [3.63, 3.8) is 0 Å². The summed E-state index contributed by atoms with van der Waals surface area (Å²) in [5.74, 6) is -0.125. The lowest BCUT2D eigenvalue weighted by atomic mass is 10.2. The minimum Gasteiger partial charge on any atom is -0.341 e. The van der Waals surface area contributed by atoms with E-state index in [9.17, 15) is 9.59 Å². The van der Waals surface area contributed by atoms with Crippen molar-refractivity contribution >= 4 is 23.3 Å². The number of urea groups is 1. The highest BCUT2D eigenvalue weighted by molar-refractivity contribution is 5.92. The Labute approximate surface area is 99.6 Å². The van der Waals surface area contributed by atoms with E-state index >= 15 is 0 Å². The monoisotopic (exact) mass is 236 g/mol. The van der Waals surface area contributed by atoms with Gasteiger partial charge in [0.15, 0.2) is 0 Å². The lowest BCUT2D eigenvalue weighted by Crippen LogP contribution is -2.24. The molecule has 0 heterocycles. The van der Waals surface area contributed by atoms with Crippen LogP contribution in [0.4, 0.5) is 16.2 Å². The molecule has 0 unspecified atom stereocenters. The quantitative estimate of drug-likeness (QED) is 0.620. The predicted molar refractivity (Wildman–Crippen MR) is 66.8 cm³/mol. The highest BCUT2D eigenvalue weighted by atomic mass is 16.2. The van der Waals surface area contributed by atoms with Gasteiger partial charge in [0.2, 0.25) is 5.91 Å². The number of nitrogens with one attached hydrogen (secondary N) is 3. The summed E-state index contributed by atoms with van der Waals surface area (Å²) in [6.07, 6.45) is 0.290. The molecule has 0 aliphatic rings. The molecule has 3 amide bonds. The molecule has 0 saturated carbocycles. The van der Waals surface area contributed by atoms with Crippen molar-refractivity contribution in [1.82, 2.24) is 5.32 Å². The van der Waals surface area contributed by atoms with Crippen LogP contribution >= 0.6 is 0 Å². The van der Waals surface area contributed by atoms with E-state index in [0.717, 1.165) is 0 Å². The topological polar surface area (TPSA) is 96.2 Å². The Morgan fingerprint density at radius 2 is 1.65 bits per heavy atom. The zero-order valence-corrected chi connectivity index (χ0v) is 9.62. The third kappa shape index (κ3) is 4.52. The van der Waals surface area contributed by atoms with Gasteiger partial charge in [0, 0.05) is 31.4 Å². The van der Waals surface area contributed by atoms with Crippen LogP contribution in [0.5, 0.6) is 0 Å². The van der Waals surface area contributed by atoms with Gasteiger partial charge in [-0.25, -0.2) is 4.79 Å². The second kappa shape index (κ2) is 6.49. The zero-order chi connectivity index (χ0) is 12.7. The minimum absolute atomic E-state index is 0.125. The van der Waals surface area contributed by atoms with Gasteiger partial charge in [0.1, 0.15) is 0 Å². The fourth-order valence-electron chi connectivity index (χ4n) is 1.19. The van der Waals surface area contributed by atoms with Crippen LogP contribution in [0.15, 0.2) is 24.3 Å². The largest absolute Gasteiger partial charge is 0.341 e. The van der Waals surface area contributed by atoms with E-state index in [1.165, 1.54) is 7.05 Å². The molecule has 5 N–H and O–H groups in total. The smallest absolute Gasteiger partial charge is 0.318 e. The molecule has 0 aliphatic heterocycles. The standard InChI is InChI=1S/C11H16N4O2/c1-13-11(17)15-9-4-2-8(3-5-9)14-10(16)6-7-12/h2-5H,6-7,12H2,1H3,(H,14,16)(H2,13,15,17). The van der Waals surface area contributed by atoms with E-state index in [2.05, 4.69) is 16.0 Å². The van der Waals surface area contributed by atoms with Gasteiger partial charge in [0.05, 0.1) is 0 Å². The molecule has 0 atom stereocenters. The first-order chi connectivity index (χ1) is 8.15. The van der Waals surface area contributed by atoms with Gasteiger partial charge in [-0.3, -0.25) is 4.79 Å². The molecule has 1 aromatic rings. The number of benzene rings is 1. The van der Waals surface area contributed by atoms with Gasteiger partial charge in [0.25, 0.3) is 0 Å². The first-order valence-corrected chi connectivity index (χ1v) is 5.24. The Morgan fingerprint density at radius 1 is 1.12 bits per heavy atom. The van der Waals surface area contributed by atoms with Crippen molar-refractivity contribution in [2.75, 3.05) is 24.2 Å². The maximum atomic E-state index is 11.3. The third-order valence-electron chi connectivity index (χ3n) is 2.02. The number of nitrogens with two attached hydrogens (primary N) is 1. The SMILES string of the molecule is CNC(=O)Nc1ccc(NC(=O)CCN)cc1. The van der Waals surface area contributed by atoms with E-state index in [1.54, 1.807) is 24.3 Å². The van der Waals surface area contributed by atoms with Crippen LogP contribution in [0.3, 0.4) is 0 Å². The lowest BCUT2D eigenvalue weighted by Gasteiger charge is -2.07. The Kier molecular flexibility index (Phi) is 4.96. The predicted octanol–water partition coefficient (Wildman–Crippen LogP) is 0.725. The summed E-state index contributed by atoms with van der Waals surface area (Å²) in [7, 11) is 1.54. The molecular weight excluding hydrogens is 220 g/mol. The summed E-state index contributed by atoms with van der Waals surface area (Å²) in [6, 6.07) is 6.53. The van der Waals surface area contributed by atoms with Gasteiger partial charge in [-0.1, -0.05) is 0 Å². The van der Waals surface area contributed by atoms with Gasteiger partial charge >= 0.3 is 6.03 Å². The van der Waals surface area contributed by atoms with Crippen LogP contribution < -0.4 is 21.7 Å². The summed E-state index contributed by atoms with van der Waals surface area (Å²) >= 11 is 0. The second-order valence-corrected chi connectivity index (χ2v) is 3.37. The van der Waals surface area contributed by atoms with E-state index in [1.807, 2.05) is 0 Å². The van der Waals surface area contributed by atoms with Crippen molar-refractivity contribution in [3.05, 3.63) is 24.3 Å². The van der Waals surface area contributed by atoms with Crippen LogP contribution in [-0.2, 0) is 4.79 Å². The number of hydrogen-bond acceptors (Lipinski definition) is 3. The number of amides is 3. The molecule has 1 rings (SSSR count).